The monoisotopic (exact) mass is 197 g/mol. The van der Waals surface area contributed by atoms with E-state index in [2.05, 4.69) is 4.98 Å². The van der Waals surface area contributed by atoms with Gasteiger partial charge in [-0.15, -0.1) is 0 Å². The Labute approximate surface area is 82.9 Å². The van der Waals surface area contributed by atoms with Crippen LogP contribution in [0.5, 0.6) is 0 Å². The van der Waals surface area contributed by atoms with Gasteiger partial charge in [0.1, 0.15) is 0 Å². The fourth-order valence-electron chi connectivity index (χ4n) is 1.21. The topological polar surface area (TPSA) is 70.1 Å². The SMILES string of the molecule is CCOC(=O)c1nc(C)cn1CCN. The van der Waals surface area contributed by atoms with Crippen molar-refractivity contribution in [2.45, 2.75) is 20.4 Å². The maximum atomic E-state index is 11.4. The van der Waals surface area contributed by atoms with Crippen LogP contribution in [0.25, 0.3) is 0 Å². The van der Waals surface area contributed by atoms with Crippen molar-refractivity contribution in [3.8, 4) is 0 Å². The first-order valence-electron chi connectivity index (χ1n) is 4.60. The van der Waals surface area contributed by atoms with Crippen molar-refractivity contribution in [1.82, 2.24) is 9.55 Å². The fourth-order valence-corrected chi connectivity index (χ4v) is 1.21. The first-order valence-corrected chi connectivity index (χ1v) is 4.60. The standard InChI is InChI=1S/C9H15N3O2/c1-3-14-9(13)8-11-7(2)6-12(8)5-4-10/h6H,3-5,10H2,1-2H3. The van der Waals surface area contributed by atoms with Gasteiger partial charge in [-0.25, -0.2) is 9.78 Å². The van der Waals surface area contributed by atoms with E-state index in [0.717, 1.165) is 5.69 Å². The Balaban J connectivity index is 2.88. The predicted molar refractivity (Wildman–Crippen MR) is 52.0 cm³/mol. The number of nitrogens with two attached hydrogens (primary N) is 1. The second kappa shape index (κ2) is 4.76. The molecule has 0 unspecified atom stereocenters. The van der Waals surface area contributed by atoms with Crippen LogP contribution in [0, 0.1) is 6.92 Å². The fraction of sp³-hybridized carbons (Fsp3) is 0.556. The smallest absolute Gasteiger partial charge is 0.374 e. The molecular formula is C9H15N3O2. The molecule has 0 bridgehead atoms. The molecule has 0 atom stereocenters. The molecule has 0 radical (unpaired) electrons. The van der Waals surface area contributed by atoms with Crippen molar-refractivity contribution in [2.75, 3.05) is 13.2 Å². The summed E-state index contributed by atoms with van der Waals surface area (Å²) in [7, 11) is 0. The highest BCUT2D eigenvalue weighted by atomic mass is 16.5. The van der Waals surface area contributed by atoms with Gasteiger partial charge in [0, 0.05) is 19.3 Å². The molecule has 0 aliphatic rings. The number of esters is 1. The summed E-state index contributed by atoms with van der Waals surface area (Å²) in [5, 5.41) is 0. The number of hydrogen-bond donors (Lipinski definition) is 1. The molecular weight excluding hydrogens is 182 g/mol. The van der Waals surface area contributed by atoms with Gasteiger partial charge < -0.3 is 15.0 Å². The van der Waals surface area contributed by atoms with Crippen molar-refractivity contribution < 1.29 is 9.53 Å². The molecule has 0 saturated heterocycles. The highest BCUT2D eigenvalue weighted by Gasteiger charge is 2.14. The van der Waals surface area contributed by atoms with Gasteiger partial charge in [-0.2, -0.15) is 0 Å². The zero-order chi connectivity index (χ0) is 10.6. The van der Waals surface area contributed by atoms with Gasteiger partial charge in [0.15, 0.2) is 0 Å². The molecule has 0 saturated carbocycles. The maximum absolute atomic E-state index is 11.4. The van der Waals surface area contributed by atoms with Crippen LogP contribution >= 0.6 is 0 Å². The normalized spacial score (nSPS) is 10.2. The molecule has 0 fully saturated rings. The zero-order valence-electron chi connectivity index (χ0n) is 8.49. The molecule has 14 heavy (non-hydrogen) atoms. The number of carbonyl (C=O) groups excluding carboxylic acids is 1. The molecule has 5 nitrogen and oxygen atoms in total. The van der Waals surface area contributed by atoms with Gasteiger partial charge in [-0.1, -0.05) is 0 Å². The second-order valence-electron chi connectivity index (χ2n) is 2.91. The predicted octanol–water partition coefficient (Wildman–Crippen LogP) is 0.327. The third-order valence-corrected chi connectivity index (χ3v) is 1.72. The Kier molecular flexibility index (Phi) is 3.64. The summed E-state index contributed by atoms with van der Waals surface area (Å²) < 4.78 is 6.58. The van der Waals surface area contributed by atoms with Gasteiger partial charge in [0.25, 0.3) is 0 Å². The molecule has 0 spiro atoms. The Hall–Kier alpha value is -1.36. The van der Waals surface area contributed by atoms with E-state index in [-0.39, 0.29) is 0 Å². The molecule has 1 rings (SSSR count). The van der Waals surface area contributed by atoms with Crippen molar-refractivity contribution >= 4 is 5.97 Å². The first kappa shape index (κ1) is 10.7. The molecule has 1 aromatic heterocycles. The summed E-state index contributed by atoms with van der Waals surface area (Å²) in [5.74, 6) is -0.0659. The molecule has 78 valence electrons. The van der Waals surface area contributed by atoms with Crippen molar-refractivity contribution in [3.05, 3.63) is 17.7 Å². The lowest BCUT2D eigenvalue weighted by Gasteiger charge is -2.04. The lowest BCUT2D eigenvalue weighted by Crippen LogP contribution is -2.17. The van der Waals surface area contributed by atoms with Crippen LogP contribution in [-0.4, -0.2) is 28.7 Å². The van der Waals surface area contributed by atoms with E-state index in [0.29, 0.717) is 25.5 Å². The van der Waals surface area contributed by atoms with Crippen LogP contribution < -0.4 is 5.73 Å². The molecule has 0 aliphatic carbocycles. The summed E-state index contributed by atoms with van der Waals surface area (Å²) in [4.78, 5) is 15.5. The number of aromatic nitrogens is 2. The van der Waals surface area contributed by atoms with Gasteiger partial charge in [0.05, 0.1) is 12.3 Å². The Morgan fingerprint density at radius 2 is 2.43 bits per heavy atom. The summed E-state index contributed by atoms with van der Waals surface area (Å²) in [6.45, 7) is 5.00. The Bertz CT molecular complexity index is 320. The average molecular weight is 197 g/mol. The highest BCUT2D eigenvalue weighted by Crippen LogP contribution is 2.03. The summed E-state index contributed by atoms with van der Waals surface area (Å²) in [6, 6.07) is 0. The van der Waals surface area contributed by atoms with Crippen molar-refractivity contribution in [2.24, 2.45) is 5.73 Å². The molecule has 0 amide bonds. The minimum absolute atomic E-state index is 0.329. The van der Waals surface area contributed by atoms with Gasteiger partial charge in [0.2, 0.25) is 5.82 Å². The second-order valence-corrected chi connectivity index (χ2v) is 2.91. The lowest BCUT2D eigenvalue weighted by atomic mass is 10.5. The molecule has 0 aromatic carbocycles. The van der Waals surface area contributed by atoms with Crippen LogP contribution in [0.1, 0.15) is 23.2 Å². The quantitative estimate of drug-likeness (QED) is 0.706. The molecule has 1 heterocycles. The van der Waals surface area contributed by atoms with Crippen molar-refractivity contribution in [1.29, 1.82) is 0 Å². The van der Waals surface area contributed by atoms with E-state index in [4.69, 9.17) is 10.5 Å². The number of hydrogen-bond acceptors (Lipinski definition) is 4. The minimum atomic E-state index is -0.394. The molecule has 0 aliphatic heterocycles. The van der Waals surface area contributed by atoms with Crippen molar-refractivity contribution in [3.63, 3.8) is 0 Å². The van der Waals surface area contributed by atoms with Crippen LogP contribution in [0.3, 0.4) is 0 Å². The van der Waals surface area contributed by atoms with Gasteiger partial charge >= 0.3 is 5.97 Å². The summed E-state index contributed by atoms with van der Waals surface area (Å²) in [6.07, 6.45) is 1.79. The van der Waals surface area contributed by atoms with Crippen LogP contribution in [0.4, 0.5) is 0 Å². The minimum Gasteiger partial charge on any atom is -0.460 e. The van der Waals surface area contributed by atoms with E-state index in [1.807, 2.05) is 6.92 Å². The number of carbonyl (C=O) groups is 1. The van der Waals surface area contributed by atoms with E-state index in [1.54, 1.807) is 17.7 Å². The number of aryl methyl sites for hydroxylation is 1. The first-order chi connectivity index (χ1) is 6.69. The van der Waals surface area contributed by atoms with Gasteiger partial charge in [-0.3, -0.25) is 0 Å². The van der Waals surface area contributed by atoms with E-state index in [1.165, 1.54) is 0 Å². The Morgan fingerprint density at radius 1 is 1.71 bits per heavy atom. The lowest BCUT2D eigenvalue weighted by molar-refractivity contribution is 0.0506. The van der Waals surface area contributed by atoms with Crippen LogP contribution in [0.15, 0.2) is 6.20 Å². The average Bonchev–Trinajstić information content (AvgIpc) is 2.48. The molecule has 5 heteroatoms. The van der Waals surface area contributed by atoms with Crippen LogP contribution in [-0.2, 0) is 11.3 Å². The summed E-state index contributed by atoms with van der Waals surface area (Å²) in [5.41, 5.74) is 6.21. The number of ether oxygens (including phenoxy) is 1. The molecule has 1 aromatic rings. The number of rotatable bonds is 4. The number of imidazole rings is 1. The molecule has 2 N–H and O–H groups in total. The maximum Gasteiger partial charge on any atom is 0.374 e. The van der Waals surface area contributed by atoms with Crippen LogP contribution in [0.2, 0.25) is 0 Å². The summed E-state index contributed by atoms with van der Waals surface area (Å²) >= 11 is 0. The van der Waals surface area contributed by atoms with E-state index in [9.17, 15) is 4.79 Å². The third-order valence-electron chi connectivity index (χ3n) is 1.72. The van der Waals surface area contributed by atoms with E-state index >= 15 is 0 Å². The van der Waals surface area contributed by atoms with Gasteiger partial charge in [-0.05, 0) is 13.8 Å². The largest absolute Gasteiger partial charge is 0.460 e. The third kappa shape index (κ3) is 2.32. The zero-order valence-corrected chi connectivity index (χ0v) is 8.49. The number of nitrogens with zero attached hydrogens (tertiary/aromatic N) is 2. The highest BCUT2D eigenvalue weighted by molar-refractivity contribution is 5.85. The van der Waals surface area contributed by atoms with E-state index < -0.39 is 5.97 Å². The Morgan fingerprint density at radius 3 is 3.00 bits per heavy atom.